The molecule has 13 heavy (non-hydrogen) atoms. The summed E-state index contributed by atoms with van der Waals surface area (Å²) in [7, 11) is 0. The molecule has 2 aromatic rings. The maximum absolute atomic E-state index is 10.3. The van der Waals surface area contributed by atoms with Crippen molar-refractivity contribution in [1.29, 1.82) is 0 Å². The predicted molar refractivity (Wildman–Crippen MR) is 43.4 cm³/mol. The molecule has 0 aromatic carbocycles. The van der Waals surface area contributed by atoms with Gasteiger partial charge in [-0.05, 0) is 6.42 Å². The van der Waals surface area contributed by atoms with Gasteiger partial charge in [-0.3, -0.25) is 4.79 Å². The number of fused-ring (bicyclic) bond motifs is 1. The van der Waals surface area contributed by atoms with E-state index in [1.54, 1.807) is 16.9 Å². The Morgan fingerprint density at radius 1 is 1.69 bits per heavy atom. The number of carboxylic acid groups (broad SMARTS) is 1. The fraction of sp³-hybridized carbons (Fsp3) is 0.250. The van der Waals surface area contributed by atoms with Crippen molar-refractivity contribution in [3.8, 4) is 0 Å². The van der Waals surface area contributed by atoms with Crippen LogP contribution in [0.25, 0.3) is 5.71 Å². The molecular formula is C8H8N2O3. The van der Waals surface area contributed by atoms with Crippen molar-refractivity contribution in [2.75, 3.05) is 0 Å². The molecule has 2 heterocycles. The van der Waals surface area contributed by atoms with Gasteiger partial charge in [-0.25, -0.2) is 4.52 Å². The maximum Gasteiger partial charge on any atom is 0.303 e. The summed E-state index contributed by atoms with van der Waals surface area (Å²) in [5, 5.41) is 12.5. The smallest absolute Gasteiger partial charge is 0.303 e. The zero-order chi connectivity index (χ0) is 9.26. The van der Waals surface area contributed by atoms with Crippen LogP contribution in [0.15, 0.2) is 23.1 Å². The summed E-state index contributed by atoms with van der Waals surface area (Å²) in [6.45, 7) is 0. The normalized spacial score (nSPS) is 10.8. The van der Waals surface area contributed by atoms with Crippen LogP contribution in [0.2, 0.25) is 0 Å². The van der Waals surface area contributed by atoms with E-state index in [2.05, 4.69) is 5.10 Å². The molecule has 0 aliphatic carbocycles. The van der Waals surface area contributed by atoms with Crippen LogP contribution in [0.4, 0.5) is 0 Å². The molecule has 0 radical (unpaired) electrons. The number of carboxylic acids is 1. The van der Waals surface area contributed by atoms with Gasteiger partial charge >= 0.3 is 5.97 Å². The first kappa shape index (κ1) is 7.85. The fourth-order valence-corrected chi connectivity index (χ4v) is 1.19. The number of aliphatic carboxylic acids is 1. The van der Waals surface area contributed by atoms with Crippen molar-refractivity contribution in [1.82, 2.24) is 9.61 Å². The summed E-state index contributed by atoms with van der Waals surface area (Å²) < 4.78 is 6.71. The van der Waals surface area contributed by atoms with Gasteiger partial charge in [0.15, 0.2) is 0 Å². The van der Waals surface area contributed by atoms with E-state index in [9.17, 15) is 4.79 Å². The lowest BCUT2D eigenvalue weighted by atomic mass is 10.2. The molecule has 5 nitrogen and oxygen atoms in total. The van der Waals surface area contributed by atoms with Crippen molar-refractivity contribution in [3.63, 3.8) is 0 Å². The molecular weight excluding hydrogens is 172 g/mol. The van der Waals surface area contributed by atoms with Gasteiger partial charge in [0, 0.05) is 12.0 Å². The van der Waals surface area contributed by atoms with Crippen LogP contribution in [0, 0.1) is 0 Å². The Bertz CT molecular complexity index is 429. The fourth-order valence-electron chi connectivity index (χ4n) is 1.19. The summed E-state index contributed by atoms with van der Waals surface area (Å²) in [4.78, 5) is 10.3. The molecule has 2 rings (SSSR count). The summed E-state index contributed by atoms with van der Waals surface area (Å²) in [6.07, 6.45) is 5.38. The third-order valence-corrected chi connectivity index (χ3v) is 1.81. The Hall–Kier alpha value is -1.78. The number of nitrogens with zero attached hydrogens (tertiary/aromatic N) is 2. The van der Waals surface area contributed by atoms with E-state index in [4.69, 9.17) is 9.52 Å². The Morgan fingerprint density at radius 3 is 3.31 bits per heavy atom. The average molecular weight is 180 g/mol. The highest BCUT2D eigenvalue weighted by atomic mass is 16.4. The topological polar surface area (TPSA) is 67.7 Å². The van der Waals surface area contributed by atoms with Gasteiger partial charge in [0.1, 0.15) is 6.26 Å². The molecule has 1 N–H and O–H groups in total. The third kappa shape index (κ3) is 1.40. The molecule has 0 aliphatic heterocycles. The Balaban J connectivity index is 2.23. The standard InChI is InChI=1S/C8H8N2O3/c11-7(12)2-1-6-5-9-10-3-4-13-8(6)10/h3-5H,1-2H2,(H,11,12). The van der Waals surface area contributed by atoms with Crippen LogP contribution in [0.1, 0.15) is 12.0 Å². The molecule has 0 unspecified atom stereocenters. The molecule has 0 amide bonds. The lowest BCUT2D eigenvalue weighted by molar-refractivity contribution is -0.136. The third-order valence-electron chi connectivity index (χ3n) is 1.81. The summed E-state index contributed by atoms with van der Waals surface area (Å²) in [5.74, 6) is -0.814. The Morgan fingerprint density at radius 2 is 2.54 bits per heavy atom. The molecule has 0 spiro atoms. The van der Waals surface area contributed by atoms with Gasteiger partial charge in [0.2, 0.25) is 5.71 Å². The predicted octanol–water partition coefficient (Wildman–Crippen LogP) is 0.944. The highest BCUT2D eigenvalue weighted by Gasteiger charge is 2.07. The van der Waals surface area contributed by atoms with Crippen molar-refractivity contribution in [3.05, 3.63) is 24.2 Å². The second-order valence-corrected chi connectivity index (χ2v) is 2.72. The van der Waals surface area contributed by atoms with E-state index in [0.717, 1.165) is 5.56 Å². The first-order chi connectivity index (χ1) is 6.27. The highest BCUT2D eigenvalue weighted by Crippen LogP contribution is 2.12. The summed E-state index contributed by atoms with van der Waals surface area (Å²) in [6, 6.07) is 0. The molecule has 0 atom stereocenters. The van der Waals surface area contributed by atoms with Crippen LogP contribution < -0.4 is 0 Å². The number of aryl methyl sites for hydroxylation is 1. The second-order valence-electron chi connectivity index (χ2n) is 2.72. The van der Waals surface area contributed by atoms with Gasteiger partial charge in [-0.1, -0.05) is 0 Å². The van der Waals surface area contributed by atoms with Crippen LogP contribution in [0.3, 0.4) is 0 Å². The van der Waals surface area contributed by atoms with Gasteiger partial charge in [-0.2, -0.15) is 5.10 Å². The number of hydrogen-bond acceptors (Lipinski definition) is 3. The summed E-state index contributed by atoms with van der Waals surface area (Å²) in [5.41, 5.74) is 1.45. The van der Waals surface area contributed by atoms with Gasteiger partial charge in [0.05, 0.1) is 12.4 Å². The molecule has 0 saturated heterocycles. The minimum absolute atomic E-state index is 0.0993. The van der Waals surface area contributed by atoms with E-state index in [1.165, 1.54) is 6.26 Å². The van der Waals surface area contributed by atoms with E-state index >= 15 is 0 Å². The molecule has 2 aromatic heterocycles. The average Bonchev–Trinajstić information content (AvgIpc) is 2.60. The van der Waals surface area contributed by atoms with Crippen molar-refractivity contribution in [2.45, 2.75) is 12.8 Å². The molecule has 0 bridgehead atoms. The van der Waals surface area contributed by atoms with Crippen molar-refractivity contribution >= 4 is 11.7 Å². The van der Waals surface area contributed by atoms with E-state index < -0.39 is 5.97 Å². The van der Waals surface area contributed by atoms with Gasteiger partial charge in [0.25, 0.3) is 0 Å². The van der Waals surface area contributed by atoms with E-state index in [-0.39, 0.29) is 6.42 Å². The number of rotatable bonds is 3. The number of oxazole rings is 1. The van der Waals surface area contributed by atoms with Gasteiger partial charge < -0.3 is 9.52 Å². The van der Waals surface area contributed by atoms with Crippen LogP contribution in [-0.2, 0) is 11.2 Å². The quantitative estimate of drug-likeness (QED) is 0.763. The minimum Gasteiger partial charge on any atom is -0.481 e. The Labute approximate surface area is 73.6 Å². The van der Waals surface area contributed by atoms with Gasteiger partial charge in [-0.15, -0.1) is 0 Å². The zero-order valence-electron chi connectivity index (χ0n) is 6.80. The molecule has 68 valence electrons. The minimum atomic E-state index is -0.814. The summed E-state index contributed by atoms with van der Waals surface area (Å²) >= 11 is 0. The van der Waals surface area contributed by atoms with Crippen LogP contribution in [0.5, 0.6) is 0 Å². The lowest BCUT2D eigenvalue weighted by Crippen LogP contribution is -1.96. The lowest BCUT2D eigenvalue weighted by Gasteiger charge is -1.90. The maximum atomic E-state index is 10.3. The number of hydrogen-bond donors (Lipinski definition) is 1. The number of carbonyl (C=O) groups is 1. The molecule has 0 fully saturated rings. The molecule has 5 heteroatoms. The van der Waals surface area contributed by atoms with Crippen LogP contribution >= 0.6 is 0 Å². The first-order valence-corrected chi connectivity index (χ1v) is 3.89. The largest absolute Gasteiger partial charge is 0.481 e. The van der Waals surface area contributed by atoms with E-state index in [1.807, 2.05) is 0 Å². The SMILES string of the molecule is O=C(O)CCc1cnn2ccoc12. The molecule has 0 saturated carbocycles. The van der Waals surface area contributed by atoms with Crippen molar-refractivity contribution < 1.29 is 14.3 Å². The molecule has 0 aliphatic rings. The first-order valence-electron chi connectivity index (χ1n) is 3.89. The number of aromatic nitrogens is 2. The monoisotopic (exact) mass is 180 g/mol. The highest BCUT2D eigenvalue weighted by molar-refractivity contribution is 5.67. The second kappa shape index (κ2) is 2.93. The Kier molecular flexibility index (Phi) is 1.77. The van der Waals surface area contributed by atoms with Crippen molar-refractivity contribution in [2.24, 2.45) is 0 Å². The van der Waals surface area contributed by atoms with E-state index in [0.29, 0.717) is 12.1 Å². The van der Waals surface area contributed by atoms with Crippen LogP contribution in [-0.4, -0.2) is 20.7 Å². The zero-order valence-corrected chi connectivity index (χ0v) is 6.80.